The fourth-order valence-corrected chi connectivity index (χ4v) is 4.17. The summed E-state index contributed by atoms with van der Waals surface area (Å²) in [5.41, 5.74) is 2.45. The molecule has 1 amide bonds. The summed E-state index contributed by atoms with van der Waals surface area (Å²) < 4.78 is 1.01. The molecule has 1 aliphatic rings. The zero-order chi connectivity index (χ0) is 16.9. The highest BCUT2D eigenvalue weighted by molar-refractivity contribution is 9.10. The van der Waals surface area contributed by atoms with Gasteiger partial charge in [-0.3, -0.25) is 9.69 Å². The summed E-state index contributed by atoms with van der Waals surface area (Å²) in [5.74, 6) is -0.0462. The number of nitrogens with one attached hydrogen (secondary N) is 1. The largest absolute Gasteiger partial charge is 0.351 e. The fourth-order valence-electron chi connectivity index (χ4n) is 2.87. The highest BCUT2D eigenvalue weighted by atomic mass is 79.9. The second-order valence-electron chi connectivity index (χ2n) is 6.07. The first kappa shape index (κ1) is 17.4. The van der Waals surface area contributed by atoms with Crippen molar-refractivity contribution in [2.45, 2.75) is 25.9 Å². The summed E-state index contributed by atoms with van der Waals surface area (Å²) in [5, 5.41) is 5.18. The lowest BCUT2D eigenvalue weighted by atomic mass is 10.1. The van der Waals surface area contributed by atoms with Crippen LogP contribution in [0.2, 0.25) is 0 Å². The molecule has 2 heterocycles. The van der Waals surface area contributed by atoms with Gasteiger partial charge in [0.15, 0.2) is 0 Å². The van der Waals surface area contributed by atoms with Crippen LogP contribution in [0.1, 0.15) is 22.9 Å². The standard InChI is InChI=1S/C19H21BrN2OS/c1-14(22-9-7-18-16(13-22)8-10-24-18)12-21-19(23)6-5-15-3-2-4-17(20)11-15/h2-6,8,10-11,14H,7,9,12-13H2,1H3,(H,21,23)/b6-5+. The zero-order valence-corrected chi connectivity index (χ0v) is 16.1. The number of carbonyl (C=O) groups excluding carboxylic acids is 1. The quantitative estimate of drug-likeness (QED) is 0.761. The van der Waals surface area contributed by atoms with E-state index in [4.69, 9.17) is 0 Å². The van der Waals surface area contributed by atoms with Crippen molar-refractivity contribution >= 4 is 39.2 Å². The van der Waals surface area contributed by atoms with Gasteiger partial charge >= 0.3 is 0 Å². The van der Waals surface area contributed by atoms with E-state index >= 15 is 0 Å². The maximum absolute atomic E-state index is 12.0. The van der Waals surface area contributed by atoms with Crippen molar-refractivity contribution in [3.8, 4) is 0 Å². The monoisotopic (exact) mass is 404 g/mol. The third-order valence-electron chi connectivity index (χ3n) is 4.31. The summed E-state index contributed by atoms with van der Waals surface area (Å²) in [4.78, 5) is 16.0. The average molecular weight is 405 g/mol. The second-order valence-corrected chi connectivity index (χ2v) is 7.99. The molecule has 0 saturated heterocycles. The van der Waals surface area contributed by atoms with Crippen molar-refractivity contribution in [3.05, 3.63) is 62.3 Å². The summed E-state index contributed by atoms with van der Waals surface area (Å²) >= 11 is 5.29. The number of fused-ring (bicyclic) bond motifs is 1. The lowest BCUT2D eigenvalue weighted by molar-refractivity contribution is -0.116. The van der Waals surface area contributed by atoms with Crippen LogP contribution in [0.15, 0.2) is 46.3 Å². The first-order chi connectivity index (χ1) is 11.6. The number of rotatable bonds is 5. The van der Waals surface area contributed by atoms with Crippen molar-refractivity contribution in [1.82, 2.24) is 10.2 Å². The Bertz CT molecular complexity index is 740. The maximum Gasteiger partial charge on any atom is 0.244 e. The summed E-state index contributed by atoms with van der Waals surface area (Å²) in [6, 6.07) is 10.4. The van der Waals surface area contributed by atoms with E-state index in [1.165, 1.54) is 10.4 Å². The molecule has 1 unspecified atom stereocenters. The van der Waals surface area contributed by atoms with E-state index in [-0.39, 0.29) is 5.91 Å². The molecule has 0 saturated carbocycles. The summed E-state index contributed by atoms with van der Waals surface area (Å²) in [6.07, 6.45) is 4.55. The van der Waals surface area contributed by atoms with E-state index in [0.717, 1.165) is 29.5 Å². The van der Waals surface area contributed by atoms with Crippen molar-refractivity contribution in [2.24, 2.45) is 0 Å². The molecule has 1 aromatic carbocycles. The second kappa shape index (κ2) is 8.10. The number of halogens is 1. The summed E-state index contributed by atoms with van der Waals surface area (Å²) in [7, 11) is 0. The SMILES string of the molecule is CC(CNC(=O)/C=C/c1cccc(Br)c1)N1CCc2sccc2C1. The molecule has 3 nitrogen and oxygen atoms in total. The number of nitrogens with zero attached hydrogens (tertiary/aromatic N) is 1. The van der Waals surface area contributed by atoms with Gasteiger partial charge in [0.25, 0.3) is 0 Å². The molecule has 5 heteroatoms. The molecule has 1 aromatic heterocycles. The number of amides is 1. The van der Waals surface area contributed by atoms with Gasteiger partial charge in [0.2, 0.25) is 5.91 Å². The van der Waals surface area contributed by atoms with E-state index in [1.54, 1.807) is 6.08 Å². The highest BCUT2D eigenvalue weighted by Gasteiger charge is 2.21. The van der Waals surface area contributed by atoms with Crippen LogP contribution in [0, 0.1) is 0 Å². The Morgan fingerprint density at radius 2 is 2.33 bits per heavy atom. The Morgan fingerprint density at radius 1 is 1.46 bits per heavy atom. The van der Waals surface area contributed by atoms with Gasteiger partial charge in [0, 0.05) is 41.1 Å². The molecule has 0 radical (unpaired) electrons. The van der Waals surface area contributed by atoms with Gasteiger partial charge in [-0.15, -0.1) is 11.3 Å². The van der Waals surface area contributed by atoms with Gasteiger partial charge in [-0.2, -0.15) is 0 Å². The molecule has 1 N–H and O–H groups in total. The first-order valence-electron chi connectivity index (χ1n) is 8.12. The Kier molecular flexibility index (Phi) is 5.87. The molecule has 0 bridgehead atoms. The number of carbonyl (C=O) groups is 1. The van der Waals surface area contributed by atoms with Crippen LogP contribution in [-0.2, 0) is 17.8 Å². The molecule has 0 fully saturated rings. The van der Waals surface area contributed by atoms with Crippen LogP contribution in [0.5, 0.6) is 0 Å². The predicted octanol–water partition coefficient (Wildman–Crippen LogP) is 4.09. The Labute approximate surface area is 155 Å². The van der Waals surface area contributed by atoms with Gasteiger partial charge in [-0.25, -0.2) is 0 Å². The number of thiophene rings is 1. The lowest BCUT2D eigenvalue weighted by Crippen LogP contribution is -2.43. The van der Waals surface area contributed by atoms with Crippen LogP contribution < -0.4 is 5.32 Å². The number of hydrogen-bond acceptors (Lipinski definition) is 3. The third kappa shape index (κ3) is 4.56. The highest BCUT2D eigenvalue weighted by Crippen LogP contribution is 2.24. The Morgan fingerprint density at radius 3 is 3.17 bits per heavy atom. The molecule has 0 aliphatic carbocycles. The molecule has 126 valence electrons. The van der Waals surface area contributed by atoms with Crippen molar-refractivity contribution < 1.29 is 4.79 Å². The van der Waals surface area contributed by atoms with Crippen LogP contribution in [0.3, 0.4) is 0 Å². The molecular formula is C19H21BrN2OS. The summed E-state index contributed by atoms with van der Waals surface area (Å²) in [6.45, 7) is 4.90. The van der Waals surface area contributed by atoms with Crippen molar-refractivity contribution in [2.75, 3.05) is 13.1 Å². The van der Waals surface area contributed by atoms with Gasteiger partial charge in [-0.05, 0) is 54.1 Å². The smallest absolute Gasteiger partial charge is 0.244 e. The maximum atomic E-state index is 12.0. The van der Waals surface area contributed by atoms with E-state index in [9.17, 15) is 4.79 Å². The minimum absolute atomic E-state index is 0.0462. The Hall–Kier alpha value is -1.43. The number of benzene rings is 1. The molecular weight excluding hydrogens is 384 g/mol. The minimum Gasteiger partial charge on any atom is -0.351 e. The Balaban J connectivity index is 1.47. The molecule has 1 atom stereocenters. The van der Waals surface area contributed by atoms with Crippen LogP contribution in [-0.4, -0.2) is 29.9 Å². The molecule has 3 rings (SSSR count). The van der Waals surface area contributed by atoms with E-state index in [2.05, 4.69) is 44.5 Å². The normalized spacial score (nSPS) is 16.1. The fraction of sp³-hybridized carbons (Fsp3) is 0.316. The third-order valence-corrected chi connectivity index (χ3v) is 5.82. The van der Waals surface area contributed by atoms with E-state index < -0.39 is 0 Å². The molecule has 24 heavy (non-hydrogen) atoms. The first-order valence-corrected chi connectivity index (χ1v) is 9.80. The van der Waals surface area contributed by atoms with Crippen molar-refractivity contribution in [1.29, 1.82) is 0 Å². The lowest BCUT2D eigenvalue weighted by Gasteiger charge is -2.32. The van der Waals surface area contributed by atoms with Gasteiger partial charge < -0.3 is 5.32 Å². The van der Waals surface area contributed by atoms with Crippen LogP contribution >= 0.6 is 27.3 Å². The van der Waals surface area contributed by atoms with Crippen LogP contribution in [0.25, 0.3) is 6.08 Å². The van der Waals surface area contributed by atoms with Gasteiger partial charge in [-0.1, -0.05) is 28.1 Å². The minimum atomic E-state index is -0.0462. The van der Waals surface area contributed by atoms with Gasteiger partial charge in [0.05, 0.1) is 0 Å². The average Bonchev–Trinajstić information content (AvgIpc) is 3.05. The topological polar surface area (TPSA) is 32.3 Å². The molecule has 0 spiro atoms. The molecule has 1 aliphatic heterocycles. The van der Waals surface area contributed by atoms with Crippen molar-refractivity contribution in [3.63, 3.8) is 0 Å². The van der Waals surface area contributed by atoms with Gasteiger partial charge in [0.1, 0.15) is 0 Å². The van der Waals surface area contributed by atoms with E-state index in [0.29, 0.717) is 12.6 Å². The predicted molar refractivity (Wildman–Crippen MR) is 104 cm³/mol. The number of hydrogen-bond donors (Lipinski definition) is 1. The molecule has 2 aromatic rings. The van der Waals surface area contributed by atoms with E-state index in [1.807, 2.05) is 41.7 Å². The zero-order valence-electron chi connectivity index (χ0n) is 13.7. The van der Waals surface area contributed by atoms with Crippen LogP contribution in [0.4, 0.5) is 0 Å².